The van der Waals surface area contributed by atoms with Crippen molar-refractivity contribution < 1.29 is 4.74 Å². The van der Waals surface area contributed by atoms with Crippen LogP contribution in [0.25, 0.3) is 0 Å². The molecule has 3 saturated carbocycles. The smallest absolute Gasteiger partial charge is 0.0609 e. The summed E-state index contributed by atoms with van der Waals surface area (Å²) in [6.45, 7) is 16.3. The van der Waals surface area contributed by atoms with E-state index in [1.165, 1.54) is 64.2 Å². The van der Waals surface area contributed by atoms with Crippen molar-refractivity contribution in [3.05, 3.63) is 11.1 Å². The van der Waals surface area contributed by atoms with Crippen LogP contribution in [0.4, 0.5) is 0 Å². The second kappa shape index (κ2) is 7.60. The molecule has 1 saturated heterocycles. The van der Waals surface area contributed by atoms with Gasteiger partial charge < -0.3 is 4.74 Å². The Morgan fingerprint density at radius 3 is 2.47 bits per heavy atom. The van der Waals surface area contributed by atoms with Crippen LogP contribution in [0.15, 0.2) is 11.1 Å². The fraction of sp³-hybridized carbons (Fsp3) is 0.935. The number of allylic oxidation sites excluding steroid dienone is 2. The van der Waals surface area contributed by atoms with Gasteiger partial charge in [-0.1, -0.05) is 59.1 Å². The van der Waals surface area contributed by atoms with Crippen LogP contribution in [0.5, 0.6) is 0 Å². The average Bonchev–Trinajstić information content (AvgIpc) is 3.03. The molecule has 0 N–H and O–H groups in total. The van der Waals surface area contributed by atoms with Gasteiger partial charge in [-0.25, -0.2) is 0 Å². The molecule has 0 radical (unpaired) electrons. The first-order chi connectivity index (χ1) is 15.1. The summed E-state index contributed by atoms with van der Waals surface area (Å²) in [6.07, 6.45) is 15.2. The van der Waals surface area contributed by atoms with Crippen molar-refractivity contribution in [3.8, 4) is 0 Å². The summed E-state index contributed by atoms with van der Waals surface area (Å²) in [6, 6.07) is 0. The first kappa shape index (κ1) is 22.2. The Bertz CT molecular complexity index is 768. The van der Waals surface area contributed by atoms with Gasteiger partial charge in [0.15, 0.2) is 0 Å². The molecule has 0 amide bonds. The molecule has 0 aromatic carbocycles. The normalized spacial score (nSPS) is 46.1. The minimum absolute atomic E-state index is 0.505. The average molecular weight is 439 g/mol. The van der Waals surface area contributed by atoms with E-state index in [1.807, 2.05) is 11.1 Å². The van der Waals surface area contributed by atoms with Gasteiger partial charge in [-0.05, 0) is 122 Å². The van der Waals surface area contributed by atoms with Gasteiger partial charge in [0.05, 0.1) is 6.10 Å². The van der Waals surface area contributed by atoms with Crippen molar-refractivity contribution in [1.82, 2.24) is 0 Å². The molecular formula is C31H50O. The molecule has 1 aliphatic heterocycles. The second-order valence-corrected chi connectivity index (χ2v) is 15.0. The van der Waals surface area contributed by atoms with Crippen molar-refractivity contribution >= 4 is 0 Å². The van der Waals surface area contributed by atoms with Gasteiger partial charge in [-0.2, -0.15) is 0 Å². The standard InChI is InChI=1S/C31H50O/c1-18(10-12-31(5,6)27-17-28-22(27)11-13-32-28)20-8-7-9-21-24-14-19-15-26(30(2,3)4)23(19)16-25(24)29(20)21/h18-23,26-29H,7-17H2,1-6H3. The highest BCUT2D eigenvalue weighted by Crippen LogP contribution is 2.66. The lowest BCUT2D eigenvalue weighted by molar-refractivity contribution is -0.0670. The Labute approximate surface area is 198 Å². The summed E-state index contributed by atoms with van der Waals surface area (Å²) in [7, 11) is 0. The maximum absolute atomic E-state index is 5.93. The van der Waals surface area contributed by atoms with E-state index in [-0.39, 0.29) is 0 Å². The van der Waals surface area contributed by atoms with Crippen LogP contribution in [0.3, 0.4) is 0 Å². The molecule has 1 heteroatoms. The highest BCUT2D eigenvalue weighted by molar-refractivity contribution is 5.38. The monoisotopic (exact) mass is 438 g/mol. The molecule has 0 aromatic heterocycles. The lowest BCUT2D eigenvalue weighted by Crippen LogP contribution is -2.52. The highest BCUT2D eigenvalue weighted by Gasteiger charge is 2.56. The van der Waals surface area contributed by atoms with Crippen LogP contribution in [-0.2, 0) is 4.74 Å². The van der Waals surface area contributed by atoms with Gasteiger partial charge in [0, 0.05) is 6.61 Å². The lowest BCUT2D eigenvalue weighted by atomic mass is 9.43. The molecule has 1 nitrogen and oxygen atoms in total. The van der Waals surface area contributed by atoms with E-state index in [9.17, 15) is 0 Å². The zero-order chi connectivity index (χ0) is 22.4. The molecule has 6 aliphatic rings. The van der Waals surface area contributed by atoms with Crippen LogP contribution in [0.2, 0.25) is 0 Å². The van der Waals surface area contributed by atoms with E-state index in [0.717, 1.165) is 59.9 Å². The van der Waals surface area contributed by atoms with Crippen LogP contribution in [0, 0.1) is 64.1 Å². The van der Waals surface area contributed by atoms with E-state index >= 15 is 0 Å². The van der Waals surface area contributed by atoms with Crippen molar-refractivity contribution in [3.63, 3.8) is 0 Å². The van der Waals surface area contributed by atoms with Crippen LogP contribution in [0.1, 0.15) is 106 Å². The second-order valence-electron chi connectivity index (χ2n) is 15.0. The maximum atomic E-state index is 5.93. The highest BCUT2D eigenvalue weighted by atomic mass is 16.5. The minimum atomic E-state index is 0.505. The van der Waals surface area contributed by atoms with E-state index < -0.39 is 0 Å². The maximum Gasteiger partial charge on any atom is 0.0609 e. The Kier molecular flexibility index (Phi) is 5.27. The molecule has 0 bridgehead atoms. The topological polar surface area (TPSA) is 9.23 Å². The van der Waals surface area contributed by atoms with E-state index in [1.54, 1.807) is 0 Å². The first-order valence-corrected chi connectivity index (χ1v) is 14.5. The summed E-state index contributed by atoms with van der Waals surface area (Å²) in [5.74, 6) is 8.71. The molecule has 5 aliphatic carbocycles. The summed E-state index contributed by atoms with van der Waals surface area (Å²) in [5.41, 5.74) is 5.01. The largest absolute Gasteiger partial charge is 0.378 e. The zero-order valence-electron chi connectivity index (χ0n) is 22.0. The summed E-state index contributed by atoms with van der Waals surface area (Å²) >= 11 is 0. The predicted octanol–water partition coefficient (Wildman–Crippen LogP) is 8.29. The summed E-state index contributed by atoms with van der Waals surface area (Å²) < 4.78 is 5.93. The van der Waals surface area contributed by atoms with Crippen molar-refractivity contribution in [2.45, 2.75) is 112 Å². The zero-order valence-corrected chi connectivity index (χ0v) is 22.0. The van der Waals surface area contributed by atoms with Crippen molar-refractivity contribution in [1.29, 1.82) is 0 Å². The summed E-state index contributed by atoms with van der Waals surface area (Å²) in [4.78, 5) is 0. The van der Waals surface area contributed by atoms with Gasteiger partial charge in [0.2, 0.25) is 0 Å². The first-order valence-electron chi connectivity index (χ1n) is 14.5. The van der Waals surface area contributed by atoms with Crippen molar-refractivity contribution in [2.24, 2.45) is 64.1 Å². The molecule has 32 heavy (non-hydrogen) atoms. The van der Waals surface area contributed by atoms with Crippen molar-refractivity contribution in [2.75, 3.05) is 6.61 Å². The fourth-order valence-corrected chi connectivity index (χ4v) is 10.0. The fourth-order valence-electron chi connectivity index (χ4n) is 10.0. The third-order valence-electron chi connectivity index (χ3n) is 12.2. The Hall–Kier alpha value is -0.300. The summed E-state index contributed by atoms with van der Waals surface area (Å²) in [5, 5.41) is 0. The molecule has 0 aromatic rings. The Morgan fingerprint density at radius 1 is 0.906 bits per heavy atom. The number of hydrogen-bond acceptors (Lipinski definition) is 1. The van der Waals surface area contributed by atoms with Gasteiger partial charge in [0.1, 0.15) is 0 Å². The molecule has 10 unspecified atom stereocenters. The quantitative estimate of drug-likeness (QED) is 0.392. The molecule has 180 valence electrons. The van der Waals surface area contributed by atoms with E-state index in [4.69, 9.17) is 4.74 Å². The number of rotatable bonds is 5. The third-order valence-corrected chi connectivity index (χ3v) is 12.2. The number of fused-ring (bicyclic) bond motifs is 5. The predicted molar refractivity (Wildman–Crippen MR) is 133 cm³/mol. The minimum Gasteiger partial charge on any atom is -0.378 e. The molecular weight excluding hydrogens is 388 g/mol. The van der Waals surface area contributed by atoms with E-state index in [0.29, 0.717) is 16.9 Å². The number of hydrogen-bond donors (Lipinski definition) is 0. The van der Waals surface area contributed by atoms with Gasteiger partial charge >= 0.3 is 0 Å². The SMILES string of the molecule is CC(CCC(C)(C)C1CC2OCCC21)C1CCCC2C3=C(CC4C(C3)CC4C(C)(C)C)C21. The molecule has 4 fully saturated rings. The lowest BCUT2D eigenvalue weighted by Gasteiger charge is -2.61. The van der Waals surface area contributed by atoms with Crippen LogP contribution >= 0.6 is 0 Å². The molecule has 0 spiro atoms. The van der Waals surface area contributed by atoms with Gasteiger partial charge in [0.25, 0.3) is 0 Å². The van der Waals surface area contributed by atoms with Crippen LogP contribution in [-0.4, -0.2) is 12.7 Å². The van der Waals surface area contributed by atoms with Gasteiger partial charge in [-0.15, -0.1) is 0 Å². The number of ether oxygens (including phenoxy) is 1. The third kappa shape index (κ3) is 3.33. The molecule has 6 rings (SSSR count). The van der Waals surface area contributed by atoms with Gasteiger partial charge in [-0.3, -0.25) is 0 Å². The van der Waals surface area contributed by atoms with Crippen LogP contribution < -0.4 is 0 Å². The van der Waals surface area contributed by atoms with E-state index in [2.05, 4.69) is 41.5 Å². The Morgan fingerprint density at radius 2 is 1.72 bits per heavy atom. The molecule has 1 heterocycles. The Balaban J connectivity index is 1.10. The molecule has 10 atom stereocenters.